The monoisotopic (exact) mass is 380 g/mol. The molecule has 0 atom stereocenters. The predicted molar refractivity (Wildman–Crippen MR) is 93.7 cm³/mol. The highest BCUT2D eigenvalue weighted by atomic mass is 19.4. The SMILES string of the molecule is CN(C)CCCOc1ccc(-n2nc3ccc(C(F)(F)F)cc3[n+]2[O-])cc1. The molecule has 0 spiro atoms. The van der Waals surface area contributed by atoms with Crippen LogP contribution in [0.5, 0.6) is 5.75 Å². The third-order valence-corrected chi connectivity index (χ3v) is 3.97. The molecule has 1 aromatic heterocycles. The summed E-state index contributed by atoms with van der Waals surface area (Å²) >= 11 is 0. The first-order valence-electron chi connectivity index (χ1n) is 8.33. The minimum atomic E-state index is -4.52. The topological polar surface area (TPSA) is 57.2 Å². The Labute approximate surface area is 153 Å². The van der Waals surface area contributed by atoms with Crippen LogP contribution < -0.4 is 9.58 Å². The highest BCUT2D eigenvalue weighted by molar-refractivity contribution is 5.71. The molecule has 3 rings (SSSR count). The van der Waals surface area contributed by atoms with E-state index in [1.807, 2.05) is 14.1 Å². The summed E-state index contributed by atoms with van der Waals surface area (Å²) in [6.45, 7) is 1.47. The summed E-state index contributed by atoms with van der Waals surface area (Å²) in [5.41, 5.74) is -0.424. The number of benzene rings is 2. The van der Waals surface area contributed by atoms with Crippen LogP contribution in [0.3, 0.4) is 0 Å². The maximum Gasteiger partial charge on any atom is 0.416 e. The van der Waals surface area contributed by atoms with Crippen molar-refractivity contribution in [3.05, 3.63) is 53.2 Å². The van der Waals surface area contributed by atoms with Crippen LogP contribution in [-0.2, 0) is 6.18 Å². The van der Waals surface area contributed by atoms with Crippen molar-refractivity contribution in [3.63, 3.8) is 0 Å². The average molecular weight is 380 g/mol. The van der Waals surface area contributed by atoms with E-state index in [0.29, 0.717) is 22.9 Å². The zero-order chi connectivity index (χ0) is 19.6. The number of fused-ring (bicyclic) bond motifs is 1. The lowest BCUT2D eigenvalue weighted by Gasteiger charge is -2.10. The van der Waals surface area contributed by atoms with Gasteiger partial charge in [-0.1, -0.05) is 0 Å². The van der Waals surface area contributed by atoms with Crippen LogP contribution in [0.15, 0.2) is 42.5 Å². The fraction of sp³-hybridized carbons (Fsp3) is 0.333. The molecule has 0 saturated heterocycles. The Balaban J connectivity index is 1.80. The maximum absolute atomic E-state index is 12.8. The summed E-state index contributed by atoms with van der Waals surface area (Å²) in [7, 11) is 3.97. The first-order chi connectivity index (χ1) is 12.8. The van der Waals surface area contributed by atoms with Crippen molar-refractivity contribution < 1.29 is 22.8 Å². The molecule has 0 saturated carbocycles. The summed E-state index contributed by atoms with van der Waals surface area (Å²) in [5.74, 6) is 0.644. The summed E-state index contributed by atoms with van der Waals surface area (Å²) in [4.78, 5) is 3.42. The molecular weight excluding hydrogens is 361 g/mol. The van der Waals surface area contributed by atoms with Crippen LogP contribution in [0.1, 0.15) is 12.0 Å². The van der Waals surface area contributed by atoms with Crippen molar-refractivity contribution in [2.24, 2.45) is 0 Å². The Morgan fingerprint density at radius 2 is 1.85 bits per heavy atom. The quantitative estimate of drug-likeness (QED) is 0.375. The smallest absolute Gasteiger partial charge is 0.416 e. The molecule has 6 nitrogen and oxygen atoms in total. The van der Waals surface area contributed by atoms with Gasteiger partial charge in [-0.05, 0) is 61.7 Å². The third kappa shape index (κ3) is 4.30. The molecule has 0 aliphatic heterocycles. The number of halogens is 3. The predicted octanol–water partition coefficient (Wildman–Crippen LogP) is 3.01. The van der Waals surface area contributed by atoms with Gasteiger partial charge in [0.2, 0.25) is 11.0 Å². The summed E-state index contributed by atoms with van der Waals surface area (Å²) < 4.78 is 44.1. The van der Waals surface area contributed by atoms with Crippen LogP contribution in [0.4, 0.5) is 13.2 Å². The summed E-state index contributed by atoms with van der Waals surface area (Å²) in [5, 5.41) is 16.5. The van der Waals surface area contributed by atoms with E-state index in [1.54, 1.807) is 24.3 Å². The second-order valence-corrected chi connectivity index (χ2v) is 6.36. The number of aromatic nitrogens is 3. The van der Waals surface area contributed by atoms with E-state index in [0.717, 1.165) is 29.9 Å². The lowest BCUT2D eigenvalue weighted by molar-refractivity contribution is -0.664. The van der Waals surface area contributed by atoms with Gasteiger partial charge in [0.05, 0.1) is 17.3 Å². The largest absolute Gasteiger partial charge is 0.692 e. The Morgan fingerprint density at radius 3 is 2.48 bits per heavy atom. The molecule has 0 N–H and O–H groups in total. The van der Waals surface area contributed by atoms with Crippen molar-refractivity contribution in [3.8, 4) is 11.4 Å². The number of ether oxygens (including phenoxy) is 1. The second-order valence-electron chi connectivity index (χ2n) is 6.36. The van der Waals surface area contributed by atoms with Crippen molar-refractivity contribution in [2.75, 3.05) is 27.2 Å². The minimum absolute atomic E-state index is 0.145. The number of nitrogens with zero attached hydrogens (tertiary/aromatic N) is 4. The molecule has 27 heavy (non-hydrogen) atoms. The third-order valence-electron chi connectivity index (χ3n) is 3.97. The molecule has 3 aromatic rings. The van der Waals surface area contributed by atoms with Crippen LogP contribution in [0.2, 0.25) is 0 Å². The molecular formula is C18H19F3N4O2. The summed E-state index contributed by atoms with van der Waals surface area (Å²) in [6, 6.07) is 9.54. The molecule has 0 bridgehead atoms. The lowest BCUT2D eigenvalue weighted by atomic mass is 10.2. The lowest BCUT2D eigenvalue weighted by Crippen LogP contribution is -2.37. The van der Waals surface area contributed by atoms with E-state index in [9.17, 15) is 18.4 Å². The number of rotatable bonds is 6. The van der Waals surface area contributed by atoms with E-state index in [-0.39, 0.29) is 11.0 Å². The zero-order valence-electron chi connectivity index (χ0n) is 14.9. The maximum atomic E-state index is 12.8. The highest BCUT2D eigenvalue weighted by Crippen LogP contribution is 2.30. The number of alkyl halides is 3. The molecule has 2 aromatic carbocycles. The van der Waals surface area contributed by atoms with E-state index in [4.69, 9.17) is 4.74 Å². The van der Waals surface area contributed by atoms with E-state index >= 15 is 0 Å². The van der Waals surface area contributed by atoms with Gasteiger partial charge in [0.25, 0.3) is 0 Å². The van der Waals surface area contributed by atoms with Crippen molar-refractivity contribution in [2.45, 2.75) is 12.6 Å². The van der Waals surface area contributed by atoms with Gasteiger partial charge in [-0.2, -0.15) is 13.2 Å². The first-order valence-corrected chi connectivity index (χ1v) is 8.33. The van der Waals surface area contributed by atoms with Crippen LogP contribution in [0.25, 0.3) is 16.7 Å². The van der Waals surface area contributed by atoms with Crippen LogP contribution in [-0.4, -0.2) is 42.0 Å². The Kier molecular flexibility index (Phi) is 5.22. The average Bonchev–Trinajstić information content (AvgIpc) is 2.95. The van der Waals surface area contributed by atoms with Crippen LogP contribution >= 0.6 is 0 Å². The van der Waals surface area contributed by atoms with Gasteiger partial charge in [0.1, 0.15) is 11.4 Å². The molecule has 9 heteroatoms. The fourth-order valence-electron chi connectivity index (χ4n) is 2.59. The van der Waals surface area contributed by atoms with Gasteiger partial charge in [-0.3, -0.25) is 0 Å². The highest BCUT2D eigenvalue weighted by Gasteiger charge is 2.32. The van der Waals surface area contributed by atoms with Gasteiger partial charge < -0.3 is 14.8 Å². The molecule has 0 amide bonds. The minimum Gasteiger partial charge on any atom is -0.692 e. The molecule has 0 aliphatic carbocycles. The van der Waals surface area contributed by atoms with Gasteiger partial charge in [0.15, 0.2) is 0 Å². The van der Waals surface area contributed by atoms with Gasteiger partial charge in [0, 0.05) is 12.6 Å². The fourth-order valence-corrected chi connectivity index (χ4v) is 2.59. The van der Waals surface area contributed by atoms with Crippen LogP contribution in [0, 0.1) is 5.21 Å². The molecule has 0 unspecified atom stereocenters. The molecule has 0 radical (unpaired) electrons. The number of hydrogen-bond acceptors (Lipinski definition) is 4. The second kappa shape index (κ2) is 7.43. The van der Waals surface area contributed by atoms with Gasteiger partial charge in [-0.15, -0.1) is 4.85 Å². The Morgan fingerprint density at radius 1 is 1.15 bits per heavy atom. The Hall–Kier alpha value is -2.81. The summed E-state index contributed by atoms with van der Waals surface area (Å²) in [6.07, 6.45) is -3.64. The zero-order valence-corrected chi connectivity index (χ0v) is 14.9. The standard InChI is InChI=1S/C18H19F3N4O2/c1-23(2)10-3-11-27-15-7-5-14(6-8-15)24-22-16-9-4-13(18(19,20)21)12-17(16)25(24)26/h4-9,12H,3,10-11H2,1-2H3. The van der Waals surface area contributed by atoms with E-state index in [1.165, 1.54) is 6.07 Å². The van der Waals surface area contributed by atoms with E-state index < -0.39 is 11.7 Å². The Bertz CT molecular complexity index is 921. The molecule has 1 heterocycles. The molecule has 144 valence electrons. The van der Waals surface area contributed by atoms with Crippen molar-refractivity contribution in [1.82, 2.24) is 14.8 Å². The van der Waals surface area contributed by atoms with Crippen molar-refractivity contribution >= 4 is 11.0 Å². The normalized spacial score (nSPS) is 12.1. The molecule has 0 fully saturated rings. The van der Waals surface area contributed by atoms with E-state index in [2.05, 4.69) is 10.00 Å². The first kappa shape index (κ1) is 19.0. The van der Waals surface area contributed by atoms with Crippen molar-refractivity contribution in [1.29, 1.82) is 0 Å². The number of hydrogen-bond donors (Lipinski definition) is 0. The molecule has 0 aliphatic rings. The van der Waals surface area contributed by atoms with Gasteiger partial charge >= 0.3 is 6.18 Å². The van der Waals surface area contributed by atoms with Gasteiger partial charge in [-0.25, -0.2) is 0 Å².